The second kappa shape index (κ2) is 7.37. The van der Waals surface area contributed by atoms with Crippen molar-refractivity contribution in [2.45, 2.75) is 12.6 Å². The summed E-state index contributed by atoms with van der Waals surface area (Å²) in [6.07, 6.45) is 9.35. The first-order valence-corrected chi connectivity index (χ1v) is 8.64. The highest BCUT2D eigenvalue weighted by Crippen LogP contribution is 2.21. The fourth-order valence-corrected chi connectivity index (χ4v) is 3.08. The van der Waals surface area contributed by atoms with Gasteiger partial charge in [0.2, 0.25) is 0 Å². The van der Waals surface area contributed by atoms with Gasteiger partial charge in [-0.05, 0) is 23.3 Å². The van der Waals surface area contributed by atoms with Gasteiger partial charge < -0.3 is 9.13 Å². The minimum atomic E-state index is 0.0459. The molecule has 0 aliphatic carbocycles. The summed E-state index contributed by atoms with van der Waals surface area (Å²) in [5.74, 6) is 1.01. The highest BCUT2D eigenvalue weighted by Gasteiger charge is 2.17. The number of aryl methyl sites for hydroxylation is 1. The van der Waals surface area contributed by atoms with Gasteiger partial charge >= 0.3 is 0 Å². The minimum absolute atomic E-state index is 0.0459. The molecule has 2 aromatic carbocycles. The second-order valence-electron chi connectivity index (χ2n) is 6.26. The number of imidazole rings is 2. The molecule has 0 fully saturated rings. The molecular formula is C21H21N5. The van der Waals surface area contributed by atoms with E-state index in [1.54, 1.807) is 12.5 Å². The number of rotatable bonds is 6. The van der Waals surface area contributed by atoms with E-state index in [0.29, 0.717) is 0 Å². The van der Waals surface area contributed by atoms with Crippen LogP contribution in [0.4, 0.5) is 0 Å². The zero-order valence-electron chi connectivity index (χ0n) is 14.7. The summed E-state index contributed by atoms with van der Waals surface area (Å²) in [4.78, 5) is 8.63. The zero-order chi connectivity index (χ0) is 17.8. The Hall–Kier alpha value is -3.18. The van der Waals surface area contributed by atoms with Gasteiger partial charge in [-0.1, -0.05) is 42.5 Å². The molecule has 5 heteroatoms. The summed E-state index contributed by atoms with van der Waals surface area (Å²) in [6.45, 7) is 0.761. The predicted molar refractivity (Wildman–Crippen MR) is 102 cm³/mol. The first kappa shape index (κ1) is 16.3. The topological polar surface area (TPSA) is 47.7 Å². The standard InChI is InChI=1S/C21H21N5/c1-25-13-12-23-21(25)20(18-5-3-2-4-6-18)24-15-17-7-9-19(10-8-17)26-14-11-22-16-26/h2-14,16,20,24H,15H2,1H3/t20-/m1/s1. The van der Waals surface area contributed by atoms with Gasteiger partial charge in [0.25, 0.3) is 0 Å². The quantitative estimate of drug-likeness (QED) is 0.583. The van der Waals surface area contributed by atoms with Crippen LogP contribution >= 0.6 is 0 Å². The fourth-order valence-electron chi connectivity index (χ4n) is 3.08. The number of hydrogen-bond donors (Lipinski definition) is 1. The van der Waals surface area contributed by atoms with Crippen LogP contribution in [0.2, 0.25) is 0 Å². The lowest BCUT2D eigenvalue weighted by molar-refractivity contribution is 0.558. The molecule has 1 atom stereocenters. The third-order valence-electron chi connectivity index (χ3n) is 4.50. The molecule has 0 saturated carbocycles. The van der Waals surface area contributed by atoms with Crippen LogP contribution in [0.25, 0.3) is 5.69 Å². The number of nitrogens with one attached hydrogen (secondary N) is 1. The number of hydrogen-bond acceptors (Lipinski definition) is 3. The third kappa shape index (κ3) is 3.43. The van der Waals surface area contributed by atoms with Crippen molar-refractivity contribution in [3.8, 4) is 5.69 Å². The van der Waals surface area contributed by atoms with Crippen LogP contribution in [0.5, 0.6) is 0 Å². The molecule has 0 spiro atoms. The Morgan fingerprint density at radius 1 is 0.962 bits per heavy atom. The molecule has 0 unspecified atom stereocenters. The molecule has 0 saturated heterocycles. The van der Waals surface area contributed by atoms with E-state index in [4.69, 9.17) is 0 Å². The maximum atomic E-state index is 4.54. The smallest absolute Gasteiger partial charge is 0.130 e. The molecule has 0 amide bonds. The molecule has 26 heavy (non-hydrogen) atoms. The van der Waals surface area contributed by atoms with Gasteiger partial charge in [0.15, 0.2) is 0 Å². The average Bonchev–Trinajstić information content (AvgIpc) is 3.36. The summed E-state index contributed by atoms with van der Waals surface area (Å²) in [5.41, 5.74) is 3.54. The fraction of sp³-hybridized carbons (Fsp3) is 0.143. The zero-order valence-corrected chi connectivity index (χ0v) is 14.7. The predicted octanol–water partition coefficient (Wildman–Crippen LogP) is 3.49. The Bertz CT molecular complexity index is 940. The van der Waals surface area contributed by atoms with Gasteiger partial charge in [0.05, 0.1) is 12.4 Å². The Morgan fingerprint density at radius 2 is 1.77 bits per heavy atom. The Labute approximate surface area is 153 Å². The lowest BCUT2D eigenvalue weighted by Gasteiger charge is -2.19. The van der Waals surface area contributed by atoms with E-state index in [9.17, 15) is 0 Å². The summed E-state index contributed by atoms with van der Waals surface area (Å²) in [5, 5.41) is 3.65. The number of nitrogens with zero attached hydrogens (tertiary/aromatic N) is 4. The summed E-state index contributed by atoms with van der Waals surface area (Å²) >= 11 is 0. The first-order chi connectivity index (χ1) is 12.8. The molecule has 0 bridgehead atoms. The molecule has 0 radical (unpaired) electrons. The van der Waals surface area contributed by atoms with Crippen LogP contribution in [0, 0.1) is 0 Å². The van der Waals surface area contributed by atoms with E-state index in [2.05, 4.69) is 68.4 Å². The van der Waals surface area contributed by atoms with Crippen LogP contribution in [-0.2, 0) is 13.6 Å². The van der Waals surface area contributed by atoms with Crippen molar-refractivity contribution in [2.24, 2.45) is 7.05 Å². The normalized spacial score (nSPS) is 12.2. The minimum Gasteiger partial charge on any atom is -0.336 e. The second-order valence-corrected chi connectivity index (χ2v) is 6.26. The van der Waals surface area contributed by atoms with Crippen molar-refractivity contribution in [1.82, 2.24) is 24.4 Å². The molecular weight excluding hydrogens is 322 g/mol. The summed E-state index contributed by atoms with van der Waals surface area (Å²) in [6, 6.07) is 19.0. The molecule has 1 N–H and O–H groups in total. The molecule has 2 aromatic heterocycles. The lowest BCUT2D eigenvalue weighted by atomic mass is 10.1. The van der Waals surface area contributed by atoms with Gasteiger partial charge in [-0.2, -0.15) is 0 Å². The van der Waals surface area contributed by atoms with Gasteiger partial charge in [-0.15, -0.1) is 0 Å². The van der Waals surface area contributed by atoms with E-state index in [0.717, 1.165) is 18.1 Å². The van der Waals surface area contributed by atoms with Crippen LogP contribution in [-0.4, -0.2) is 19.1 Å². The molecule has 2 heterocycles. The maximum Gasteiger partial charge on any atom is 0.130 e. The van der Waals surface area contributed by atoms with Gasteiger partial charge in [0.1, 0.15) is 5.82 Å². The van der Waals surface area contributed by atoms with Crippen molar-refractivity contribution in [3.05, 3.63) is 103 Å². The van der Waals surface area contributed by atoms with Crippen LogP contribution < -0.4 is 5.32 Å². The highest BCUT2D eigenvalue weighted by molar-refractivity contribution is 5.35. The third-order valence-corrected chi connectivity index (χ3v) is 4.50. The van der Waals surface area contributed by atoms with Crippen molar-refractivity contribution >= 4 is 0 Å². The lowest BCUT2D eigenvalue weighted by Crippen LogP contribution is -2.24. The molecule has 5 nitrogen and oxygen atoms in total. The van der Waals surface area contributed by atoms with Gasteiger partial charge in [-0.3, -0.25) is 5.32 Å². The largest absolute Gasteiger partial charge is 0.336 e. The van der Waals surface area contributed by atoms with E-state index in [1.165, 1.54) is 11.1 Å². The van der Waals surface area contributed by atoms with Crippen LogP contribution in [0.3, 0.4) is 0 Å². The van der Waals surface area contributed by atoms with E-state index in [1.807, 2.05) is 36.3 Å². The van der Waals surface area contributed by atoms with Crippen molar-refractivity contribution in [3.63, 3.8) is 0 Å². The van der Waals surface area contributed by atoms with Crippen LogP contribution in [0.15, 0.2) is 85.7 Å². The van der Waals surface area contributed by atoms with Crippen molar-refractivity contribution in [1.29, 1.82) is 0 Å². The SMILES string of the molecule is Cn1ccnc1[C@H](NCc1ccc(-n2ccnc2)cc1)c1ccccc1. The summed E-state index contributed by atoms with van der Waals surface area (Å²) < 4.78 is 4.06. The average molecular weight is 343 g/mol. The molecule has 130 valence electrons. The van der Waals surface area contributed by atoms with Crippen LogP contribution in [0.1, 0.15) is 23.0 Å². The van der Waals surface area contributed by atoms with Crippen molar-refractivity contribution in [2.75, 3.05) is 0 Å². The van der Waals surface area contributed by atoms with Crippen molar-refractivity contribution < 1.29 is 0 Å². The molecule has 0 aliphatic heterocycles. The Balaban J connectivity index is 1.53. The molecule has 4 rings (SSSR count). The Morgan fingerprint density at radius 3 is 2.42 bits per heavy atom. The van der Waals surface area contributed by atoms with Gasteiger partial charge in [0, 0.05) is 44.1 Å². The molecule has 4 aromatic rings. The monoisotopic (exact) mass is 343 g/mol. The first-order valence-electron chi connectivity index (χ1n) is 8.64. The van der Waals surface area contributed by atoms with Gasteiger partial charge in [-0.25, -0.2) is 9.97 Å². The Kier molecular flexibility index (Phi) is 4.62. The number of benzene rings is 2. The summed E-state index contributed by atoms with van der Waals surface area (Å²) in [7, 11) is 2.03. The van der Waals surface area contributed by atoms with E-state index < -0.39 is 0 Å². The van der Waals surface area contributed by atoms with E-state index >= 15 is 0 Å². The van der Waals surface area contributed by atoms with E-state index in [-0.39, 0.29) is 6.04 Å². The number of aromatic nitrogens is 4. The highest BCUT2D eigenvalue weighted by atomic mass is 15.1. The molecule has 0 aliphatic rings. The maximum absolute atomic E-state index is 4.54.